The van der Waals surface area contributed by atoms with E-state index in [0.29, 0.717) is 12.8 Å². The molecule has 1 heterocycles. The van der Waals surface area contributed by atoms with Crippen LogP contribution in [0.15, 0.2) is 41.3 Å². The molecule has 1 unspecified atom stereocenters. The number of aliphatic hydroxyl groups is 1. The fourth-order valence-electron chi connectivity index (χ4n) is 3.45. The third-order valence-electron chi connectivity index (χ3n) is 5.36. The Balaban J connectivity index is 1.90. The van der Waals surface area contributed by atoms with Crippen LogP contribution in [0.25, 0.3) is 0 Å². The standard InChI is InChI=1S/C21H23ClF2N2O4S/c1-21(2)12-26(9-3-4-19(21)27)31(29,30)18-10-13(5-7-17(18)24)20(28)25-14-6-8-16(23)15(22)11-14/h5-8,10-11,19,27H,3-4,9,12H2,1-2H3,(H,25,28). The molecule has 0 saturated carbocycles. The van der Waals surface area contributed by atoms with Crippen molar-refractivity contribution in [2.75, 3.05) is 18.4 Å². The maximum Gasteiger partial charge on any atom is 0.255 e. The molecular weight excluding hydrogens is 450 g/mol. The summed E-state index contributed by atoms with van der Waals surface area (Å²) in [5.74, 6) is -2.34. The van der Waals surface area contributed by atoms with Gasteiger partial charge in [-0.05, 0) is 49.2 Å². The van der Waals surface area contributed by atoms with Gasteiger partial charge in [-0.25, -0.2) is 17.2 Å². The second-order valence-electron chi connectivity index (χ2n) is 8.21. The summed E-state index contributed by atoms with van der Waals surface area (Å²) in [6.07, 6.45) is 0.179. The average Bonchev–Trinajstić information content (AvgIpc) is 2.83. The van der Waals surface area contributed by atoms with Gasteiger partial charge in [0.2, 0.25) is 10.0 Å². The van der Waals surface area contributed by atoms with E-state index in [1.807, 2.05) is 0 Å². The summed E-state index contributed by atoms with van der Waals surface area (Å²) in [6.45, 7) is 3.65. The Morgan fingerprint density at radius 3 is 2.55 bits per heavy atom. The van der Waals surface area contributed by atoms with Crippen molar-refractivity contribution < 1.29 is 27.1 Å². The smallest absolute Gasteiger partial charge is 0.255 e. The van der Waals surface area contributed by atoms with Crippen LogP contribution in [0.2, 0.25) is 5.02 Å². The van der Waals surface area contributed by atoms with Gasteiger partial charge in [0.25, 0.3) is 5.91 Å². The van der Waals surface area contributed by atoms with Gasteiger partial charge in [0, 0.05) is 29.8 Å². The van der Waals surface area contributed by atoms with E-state index in [-0.39, 0.29) is 29.4 Å². The zero-order valence-corrected chi connectivity index (χ0v) is 18.6. The number of hydrogen-bond acceptors (Lipinski definition) is 4. The van der Waals surface area contributed by atoms with Crippen molar-refractivity contribution in [1.82, 2.24) is 4.31 Å². The molecule has 1 fully saturated rings. The van der Waals surface area contributed by atoms with Gasteiger partial charge in [0.15, 0.2) is 0 Å². The summed E-state index contributed by atoms with van der Waals surface area (Å²) in [6, 6.07) is 6.63. The van der Waals surface area contributed by atoms with Gasteiger partial charge in [0.05, 0.1) is 11.1 Å². The topological polar surface area (TPSA) is 86.7 Å². The van der Waals surface area contributed by atoms with Crippen molar-refractivity contribution in [1.29, 1.82) is 0 Å². The number of sulfonamides is 1. The first-order valence-corrected chi connectivity index (χ1v) is 11.5. The monoisotopic (exact) mass is 472 g/mol. The van der Waals surface area contributed by atoms with Crippen molar-refractivity contribution in [2.24, 2.45) is 5.41 Å². The fraction of sp³-hybridized carbons (Fsp3) is 0.381. The zero-order valence-electron chi connectivity index (χ0n) is 17.0. The third-order valence-corrected chi connectivity index (χ3v) is 7.51. The fourth-order valence-corrected chi connectivity index (χ4v) is 5.38. The summed E-state index contributed by atoms with van der Waals surface area (Å²) in [4.78, 5) is 11.9. The molecular formula is C21H23ClF2N2O4S. The molecule has 168 valence electrons. The minimum absolute atomic E-state index is 0.0143. The summed E-state index contributed by atoms with van der Waals surface area (Å²) < 4.78 is 55.3. The second-order valence-corrected chi connectivity index (χ2v) is 10.5. The van der Waals surface area contributed by atoms with Crippen molar-refractivity contribution in [2.45, 2.75) is 37.7 Å². The molecule has 1 aliphatic rings. The summed E-state index contributed by atoms with van der Waals surface area (Å²) in [5, 5.41) is 12.5. The number of hydrogen-bond donors (Lipinski definition) is 2. The van der Waals surface area contributed by atoms with E-state index in [1.165, 1.54) is 12.1 Å². The summed E-state index contributed by atoms with van der Waals surface area (Å²) in [7, 11) is -4.26. The molecule has 1 atom stereocenters. The van der Waals surface area contributed by atoms with E-state index in [0.717, 1.165) is 28.6 Å². The molecule has 31 heavy (non-hydrogen) atoms. The number of nitrogens with one attached hydrogen (secondary N) is 1. The molecule has 10 heteroatoms. The molecule has 2 aromatic rings. The van der Waals surface area contributed by atoms with E-state index in [4.69, 9.17) is 11.6 Å². The van der Waals surface area contributed by atoms with E-state index < -0.39 is 44.0 Å². The Morgan fingerprint density at radius 2 is 1.87 bits per heavy atom. The Hall–Kier alpha value is -2.07. The Labute approximate surface area is 184 Å². The number of carbonyl (C=O) groups is 1. The van der Waals surface area contributed by atoms with Crippen LogP contribution in [0.5, 0.6) is 0 Å². The maximum atomic E-state index is 14.5. The van der Waals surface area contributed by atoms with E-state index in [2.05, 4.69) is 5.32 Å². The normalized spacial score (nSPS) is 19.6. The van der Waals surface area contributed by atoms with Gasteiger partial charge >= 0.3 is 0 Å². The molecule has 1 amide bonds. The lowest BCUT2D eigenvalue weighted by atomic mass is 9.85. The molecule has 3 rings (SSSR count). The molecule has 0 bridgehead atoms. The molecule has 1 saturated heterocycles. The van der Waals surface area contributed by atoms with Crippen LogP contribution in [0, 0.1) is 17.0 Å². The van der Waals surface area contributed by atoms with Crippen LogP contribution < -0.4 is 5.32 Å². The van der Waals surface area contributed by atoms with Crippen molar-refractivity contribution in [3.63, 3.8) is 0 Å². The molecule has 2 aromatic carbocycles. The van der Waals surface area contributed by atoms with Crippen molar-refractivity contribution in [3.05, 3.63) is 58.6 Å². The minimum atomic E-state index is -4.26. The highest BCUT2D eigenvalue weighted by Gasteiger charge is 2.38. The molecule has 1 aliphatic heterocycles. The predicted molar refractivity (Wildman–Crippen MR) is 114 cm³/mol. The first-order chi connectivity index (χ1) is 14.4. The van der Waals surface area contributed by atoms with Crippen LogP contribution >= 0.6 is 11.6 Å². The molecule has 0 aromatic heterocycles. The number of rotatable bonds is 4. The number of carbonyl (C=O) groups excluding carboxylic acids is 1. The number of benzene rings is 2. The van der Waals surface area contributed by atoms with Crippen LogP contribution in [0.4, 0.5) is 14.5 Å². The average molecular weight is 473 g/mol. The van der Waals surface area contributed by atoms with Crippen molar-refractivity contribution in [3.8, 4) is 0 Å². The van der Waals surface area contributed by atoms with E-state index in [1.54, 1.807) is 13.8 Å². The minimum Gasteiger partial charge on any atom is -0.393 e. The summed E-state index contributed by atoms with van der Waals surface area (Å²) in [5.41, 5.74) is -0.598. The van der Waals surface area contributed by atoms with Gasteiger partial charge in [-0.2, -0.15) is 4.31 Å². The zero-order chi connectivity index (χ0) is 23.0. The van der Waals surface area contributed by atoms with Crippen LogP contribution in [-0.2, 0) is 10.0 Å². The quantitative estimate of drug-likeness (QED) is 0.703. The molecule has 0 radical (unpaired) electrons. The first-order valence-electron chi connectivity index (χ1n) is 9.66. The third kappa shape index (κ3) is 5.06. The van der Waals surface area contributed by atoms with E-state index in [9.17, 15) is 27.1 Å². The summed E-state index contributed by atoms with van der Waals surface area (Å²) >= 11 is 5.70. The van der Waals surface area contributed by atoms with E-state index >= 15 is 0 Å². The lowest BCUT2D eigenvalue weighted by Gasteiger charge is -2.32. The highest BCUT2D eigenvalue weighted by Crippen LogP contribution is 2.32. The number of halogens is 3. The molecule has 0 spiro atoms. The number of aliphatic hydroxyl groups excluding tert-OH is 1. The van der Waals surface area contributed by atoms with Gasteiger partial charge in [0.1, 0.15) is 16.5 Å². The maximum absolute atomic E-state index is 14.5. The Morgan fingerprint density at radius 1 is 1.19 bits per heavy atom. The van der Waals surface area contributed by atoms with Crippen LogP contribution in [0.1, 0.15) is 37.0 Å². The lowest BCUT2D eigenvalue weighted by molar-refractivity contribution is 0.0454. The lowest BCUT2D eigenvalue weighted by Crippen LogP contribution is -2.41. The first kappa shape index (κ1) is 23.6. The Kier molecular flexibility index (Phi) is 6.71. The van der Waals surface area contributed by atoms with Crippen molar-refractivity contribution >= 4 is 33.2 Å². The van der Waals surface area contributed by atoms with Crippen LogP contribution in [0.3, 0.4) is 0 Å². The number of nitrogens with zero attached hydrogens (tertiary/aromatic N) is 1. The molecule has 6 nitrogen and oxygen atoms in total. The molecule has 2 N–H and O–H groups in total. The number of anilines is 1. The van der Waals surface area contributed by atoms with Gasteiger partial charge < -0.3 is 10.4 Å². The highest BCUT2D eigenvalue weighted by molar-refractivity contribution is 7.89. The number of amides is 1. The van der Waals surface area contributed by atoms with Crippen LogP contribution in [-0.4, -0.2) is 42.9 Å². The second kappa shape index (κ2) is 8.82. The Bertz CT molecular complexity index is 1110. The largest absolute Gasteiger partial charge is 0.393 e. The van der Waals surface area contributed by atoms with Gasteiger partial charge in [-0.3, -0.25) is 4.79 Å². The van der Waals surface area contributed by atoms with Gasteiger partial charge in [-0.1, -0.05) is 25.4 Å². The highest BCUT2D eigenvalue weighted by atomic mass is 35.5. The van der Waals surface area contributed by atoms with Gasteiger partial charge in [-0.15, -0.1) is 0 Å². The predicted octanol–water partition coefficient (Wildman–Crippen LogP) is 4.04. The SMILES string of the molecule is CC1(C)CN(S(=O)(=O)c2cc(C(=O)Nc3ccc(F)c(Cl)c3)ccc2F)CCCC1O. The molecule has 0 aliphatic carbocycles.